The SMILES string of the molecule is NC1=NC2(CO1)c1ccccc1Oc1nccc(-c3cccnc3F)c12. The van der Waals surface area contributed by atoms with E-state index in [0.717, 1.165) is 5.56 Å². The lowest BCUT2D eigenvalue weighted by atomic mass is 9.79. The van der Waals surface area contributed by atoms with Gasteiger partial charge in [0.1, 0.15) is 12.4 Å². The molecule has 2 aromatic heterocycles. The molecule has 0 amide bonds. The van der Waals surface area contributed by atoms with Crippen LogP contribution in [0.25, 0.3) is 11.1 Å². The minimum absolute atomic E-state index is 0.0779. The Labute approximate surface area is 148 Å². The van der Waals surface area contributed by atoms with E-state index >= 15 is 0 Å². The summed E-state index contributed by atoms with van der Waals surface area (Å²) in [6.45, 7) is 0.187. The van der Waals surface area contributed by atoms with Crippen LogP contribution >= 0.6 is 0 Å². The fourth-order valence-corrected chi connectivity index (χ4v) is 3.56. The number of nitrogens with zero attached hydrogens (tertiary/aromatic N) is 3. The number of aromatic nitrogens is 2. The molecule has 0 aliphatic carbocycles. The summed E-state index contributed by atoms with van der Waals surface area (Å²) in [6, 6.07) is 12.6. The Balaban J connectivity index is 1.86. The van der Waals surface area contributed by atoms with Crippen LogP contribution in [-0.2, 0) is 10.3 Å². The van der Waals surface area contributed by atoms with Crippen LogP contribution in [0.3, 0.4) is 0 Å². The molecule has 7 heteroatoms. The molecule has 26 heavy (non-hydrogen) atoms. The summed E-state index contributed by atoms with van der Waals surface area (Å²) in [5.41, 5.74) is 7.26. The van der Waals surface area contributed by atoms with Gasteiger partial charge in [-0.05, 0) is 29.8 Å². The molecule has 128 valence electrons. The molecule has 0 radical (unpaired) electrons. The summed E-state index contributed by atoms with van der Waals surface area (Å²) in [7, 11) is 0. The van der Waals surface area contributed by atoms with E-state index in [1.807, 2.05) is 24.3 Å². The molecule has 5 rings (SSSR count). The first-order chi connectivity index (χ1) is 12.7. The van der Waals surface area contributed by atoms with Crippen LogP contribution in [0.15, 0.2) is 59.9 Å². The van der Waals surface area contributed by atoms with Gasteiger partial charge in [0, 0.05) is 23.5 Å². The third-order valence-electron chi connectivity index (χ3n) is 4.65. The van der Waals surface area contributed by atoms with Gasteiger partial charge in [0.2, 0.25) is 11.8 Å². The molecule has 0 saturated heterocycles. The lowest BCUT2D eigenvalue weighted by molar-refractivity contribution is 0.263. The van der Waals surface area contributed by atoms with Crippen LogP contribution in [0.1, 0.15) is 11.1 Å². The highest BCUT2D eigenvalue weighted by Gasteiger charge is 2.49. The second kappa shape index (κ2) is 5.26. The van der Waals surface area contributed by atoms with Crippen LogP contribution in [-0.4, -0.2) is 22.6 Å². The van der Waals surface area contributed by atoms with E-state index in [4.69, 9.17) is 15.2 Å². The molecule has 1 spiro atoms. The van der Waals surface area contributed by atoms with Crippen molar-refractivity contribution in [2.75, 3.05) is 6.61 Å². The minimum Gasteiger partial charge on any atom is -0.462 e. The lowest BCUT2D eigenvalue weighted by Gasteiger charge is -2.34. The second-order valence-electron chi connectivity index (χ2n) is 6.08. The number of hydrogen-bond donors (Lipinski definition) is 1. The van der Waals surface area contributed by atoms with Gasteiger partial charge < -0.3 is 15.2 Å². The number of nitrogens with two attached hydrogens (primary N) is 1. The Morgan fingerprint density at radius 2 is 1.88 bits per heavy atom. The van der Waals surface area contributed by atoms with Crippen LogP contribution in [0.5, 0.6) is 11.6 Å². The van der Waals surface area contributed by atoms with Gasteiger partial charge in [-0.25, -0.2) is 15.0 Å². The Morgan fingerprint density at radius 3 is 2.69 bits per heavy atom. The maximum atomic E-state index is 14.4. The Kier molecular flexibility index (Phi) is 3.00. The van der Waals surface area contributed by atoms with E-state index in [9.17, 15) is 4.39 Å². The fraction of sp³-hybridized carbons (Fsp3) is 0.105. The van der Waals surface area contributed by atoms with Crippen LogP contribution in [0.2, 0.25) is 0 Å². The van der Waals surface area contributed by atoms with Crippen molar-refractivity contribution >= 4 is 6.02 Å². The van der Waals surface area contributed by atoms with Crippen molar-refractivity contribution in [1.82, 2.24) is 9.97 Å². The Morgan fingerprint density at radius 1 is 1.00 bits per heavy atom. The average Bonchev–Trinajstić information content (AvgIpc) is 3.04. The van der Waals surface area contributed by atoms with E-state index in [1.54, 1.807) is 24.4 Å². The third kappa shape index (κ3) is 1.94. The van der Waals surface area contributed by atoms with E-state index in [2.05, 4.69) is 15.0 Å². The second-order valence-corrected chi connectivity index (χ2v) is 6.08. The first-order valence-electron chi connectivity index (χ1n) is 8.05. The maximum Gasteiger partial charge on any atom is 0.283 e. The molecule has 1 unspecified atom stereocenters. The molecule has 1 aromatic carbocycles. The standard InChI is InChI=1S/C19H13FN4O2/c20-16-12(4-3-8-22-16)11-7-9-23-17-15(11)19(10-25-18(21)24-19)13-5-1-2-6-14(13)26-17/h1-9H,10H2,(H2,21,24). The van der Waals surface area contributed by atoms with Crippen LogP contribution in [0.4, 0.5) is 4.39 Å². The number of hydrogen-bond acceptors (Lipinski definition) is 6. The van der Waals surface area contributed by atoms with E-state index < -0.39 is 11.5 Å². The van der Waals surface area contributed by atoms with Crippen molar-refractivity contribution in [3.63, 3.8) is 0 Å². The summed E-state index contributed by atoms with van der Waals surface area (Å²) in [6.07, 6.45) is 2.98. The molecular weight excluding hydrogens is 335 g/mol. The number of halogens is 1. The van der Waals surface area contributed by atoms with Crippen molar-refractivity contribution in [3.8, 4) is 22.8 Å². The number of fused-ring (bicyclic) bond motifs is 4. The highest BCUT2D eigenvalue weighted by molar-refractivity contribution is 5.80. The monoisotopic (exact) mass is 348 g/mol. The number of para-hydroxylation sites is 1. The van der Waals surface area contributed by atoms with Gasteiger partial charge in [-0.2, -0.15) is 4.39 Å². The number of amidine groups is 1. The van der Waals surface area contributed by atoms with Crippen molar-refractivity contribution in [2.24, 2.45) is 10.7 Å². The highest BCUT2D eigenvalue weighted by atomic mass is 19.1. The van der Waals surface area contributed by atoms with Crippen molar-refractivity contribution < 1.29 is 13.9 Å². The van der Waals surface area contributed by atoms with Gasteiger partial charge in [-0.15, -0.1) is 0 Å². The minimum atomic E-state index is -0.944. The smallest absolute Gasteiger partial charge is 0.283 e. The zero-order chi connectivity index (χ0) is 17.7. The predicted molar refractivity (Wildman–Crippen MR) is 92.3 cm³/mol. The summed E-state index contributed by atoms with van der Waals surface area (Å²) >= 11 is 0. The molecule has 3 aromatic rings. The van der Waals surface area contributed by atoms with Gasteiger partial charge in [0.05, 0.1) is 5.56 Å². The summed E-state index contributed by atoms with van der Waals surface area (Å²) in [4.78, 5) is 12.7. The Hall–Kier alpha value is -3.48. The molecule has 4 heterocycles. The van der Waals surface area contributed by atoms with Gasteiger partial charge in [-0.1, -0.05) is 18.2 Å². The van der Waals surface area contributed by atoms with E-state index in [1.165, 1.54) is 6.20 Å². The normalized spacial score (nSPS) is 20.0. The zero-order valence-corrected chi connectivity index (χ0v) is 13.5. The molecule has 0 fully saturated rings. The number of aliphatic imine (C=N–C) groups is 1. The average molecular weight is 348 g/mol. The zero-order valence-electron chi connectivity index (χ0n) is 13.5. The molecule has 1 atom stereocenters. The van der Waals surface area contributed by atoms with Gasteiger partial charge in [0.15, 0.2) is 5.54 Å². The van der Waals surface area contributed by atoms with E-state index in [0.29, 0.717) is 28.3 Å². The largest absolute Gasteiger partial charge is 0.462 e. The van der Waals surface area contributed by atoms with E-state index in [-0.39, 0.29) is 12.6 Å². The lowest BCUT2D eigenvalue weighted by Crippen LogP contribution is -2.32. The summed E-state index contributed by atoms with van der Waals surface area (Å²) in [5, 5.41) is 0. The molecular formula is C19H13FN4O2. The van der Waals surface area contributed by atoms with Gasteiger partial charge in [0.25, 0.3) is 6.02 Å². The molecule has 0 bridgehead atoms. The quantitative estimate of drug-likeness (QED) is 0.684. The predicted octanol–water partition coefficient (Wildman–Crippen LogP) is 2.98. The van der Waals surface area contributed by atoms with Crippen LogP contribution < -0.4 is 10.5 Å². The molecule has 6 nitrogen and oxygen atoms in total. The summed E-state index contributed by atoms with van der Waals surface area (Å²) in [5.74, 6) is 0.399. The molecule has 2 N–H and O–H groups in total. The molecule has 2 aliphatic heterocycles. The van der Waals surface area contributed by atoms with Crippen molar-refractivity contribution in [1.29, 1.82) is 0 Å². The van der Waals surface area contributed by atoms with Crippen LogP contribution in [0, 0.1) is 5.95 Å². The van der Waals surface area contributed by atoms with Crippen molar-refractivity contribution in [3.05, 3.63) is 71.9 Å². The van der Waals surface area contributed by atoms with Gasteiger partial charge >= 0.3 is 0 Å². The number of pyridine rings is 2. The topological polar surface area (TPSA) is 82.6 Å². The number of ether oxygens (including phenoxy) is 2. The fourth-order valence-electron chi connectivity index (χ4n) is 3.56. The number of rotatable bonds is 1. The number of benzene rings is 1. The summed E-state index contributed by atoms with van der Waals surface area (Å²) < 4.78 is 25.9. The first kappa shape index (κ1) is 14.8. The Bertz CT molecular complexity index is 1070. The maximum absolute atomic E-state index is 14.4. The highest BCUT2D eigenvalue weighted by Crippen LogP contribution is 2.52. The molecule has 0 saturated carbocycles. The molecule has 2 aliphatic rings. The van der Waals surface area contributed by atoms with Gasteiger partial charge in [-0.3, -0.25) is 0 Å². The third-order valence-corrected chi connectivity index (χ3v) is 4.65. The first-order valence-corrected chi connectivity index (χ1v) is 8.05. The van der Waals surface area contributed by atoms with Crippen molar-refractivity contribution in [2.45, 2.75) is 5.54 Å².